The predicted molar refractivity (Wildman–Crippen MR) is 90.1 cm³/mol. The van der Waals surface area contributed by atoms with Crippen LogP contribution >= 0.6 is 0 Å². The maximum Gasteiger partial charge on any atom is 0.416 e. The molecule has 0 amide bonds. The van der Waals surface area contributed by atoms with Gasteiger partial charge < -0.3 is 9.88 Å². The average molecular weight is 348 g/mol. The molecule has 0 saturated carbocycles. The highest BCUT2D eigenvalue weighted by Crippen LogP contribution is 2.31. The summed E-state index contributed by atoms with van der Waals surface area (Å²) in [5.41, 5.74) is 2.49. The van der Waals surface area contributed by atoms with Crippen molar-refractivity contribution in [1.29, 1.82) is 0 Å². The van der Waals surface area contributed by atoms with Gasteiger partial charge in [0, 0.05) is 18.9 Å². The van der Waals surface area contributed by atoms with Gasteiger partial charge in [-0.1, -0.05) is 6.07 Å². The quantitative estimate of drug-likeness (QED) is 0.716. The Kier molecular flexibility index (Phi) is 4.76. The molecule has 7 heteroatoms. The van der Waals surface area contributed by atoms with Crippen molar-refractivity contribution in [3.63, 3.8) is 0 Å². The minimum Gasteiger partial charge on any atom is -0.330 e. The van der Waals surface area contributed by atoms with Gasteiger partial charge in [-0.15, -0.1) is 0 Å². The highest BCUT2D eigenvalue weighted by atomic mass is 19.4. The van der Waals surface area contributed by atoms with Crippen LogP contribution in [0, 0.1) is 6.92 Å². The topological polar surface area (TPSA) is 42.7 Å². The summed E-state index contributed by atoms with van der Waals surface area (Å²) < 4.78 is 40.2. The smallest absolute Gasteiger partial charge is 0.330 e. The summed E-state index contributed by atoms with van der Waals surface area (Å²) >= 11 is 0. The number of fused-ring (bicyclic) bond motifs is 1. The van der Waals surface area contributed by atoms with E-state index in [2.05, 4.69) is 15.3 Å². The van der Waals surface area contributed by atoms with Gasteiger partial charge >= 0.3 is 6.18 Å². The normalized spacial score (nSPS) is 12.0. The molecular weight excluding hydrogens is 329 g/mol. The van der Waals surface area contributed by atoms with Crippen molar-refractivity contribution in [2.75, 3.05) is 6.54 Å². The molecule has 3 rings (SSSR count). The van der Waals surface area contributed by atoms with Gasteiger partial charge in [-0.25, -0.2) is 4.98 Å². The second-order valence-corrected chi connectivity index (χ2v) is 6.02. The SMILES string of the molecule is Cc1ccc(CCNCc2nc3cc(C(F)(F)F)ccc3n2C)cn1. The zero-order valence-corrected chi connectivity index (χ0v) is 14.1. The molecule has 2 aromatic heterocycles. The van der Waals surface area contributed by atoms with Crippen LogP contribution in [0.15, 0.2) is 36.5 Å². The molecule has 0 spiro atoms. The van der Waals surface area contributed by atoms with Gasteiger partial charge in [-0.3, -0.25) is 4.98 Å². The van der Waals surface area contributed by atoms with Crippen LogP contribution in [0.4, 0.5) is 13.2 Å². The molecule has 0 aliphatic rings. The van der Waals surface area contributed by atoms with E-state index in [4.69, 9.17) is 0 Å². The van der Waals surface area contributed by atoms with Crippen LogP contribution in [0.5, 0.6) is 0 Å². The fourth-order valence-corrected chi connectivity index (χ4v) is 2.66. The zero-order valence-electron chi connectivity index (χ0n) is 14.1. The predicted octanol–water partition coefficient (Wildman–Crippen LogP) is 3.63. The molecule has 0 aliphatic heterocycles. The van der Waals surface area contributed by atoms with Crippen LogP contribution in [0.25, 0.3) is 11.0 Å². The minimum absolute atomic E-state index is 0.358. The van der Waals surface area contributed by atoms with Gasteiger partial charge in [0.1, 0.15) is 5.82 Å². The lowest BCUT2D eigenvalue weighted by atomic mass is 10.2. The maximum absolute atomic E-state index is 12.8. The van der Waals surface area contributed by atoms with E-state index in [9.17, 15) is 13.2 Å². The number of nitrogens with one attached hydrogen (secondary N) is 1. The third kappa shape index (κ3) is 3.99. The van der Waals surface area contributed by atoms with Crippen molar-refractivity contribution in [3.8, 4) is 0 Å². The third-order valence-corrected chi connectivity index (χ3v) is 4.15. The van der Waals surface area contributed by atoms with Crippen molar-refractivity contribution in [2.45, 2.75) is 26.1 Å². The molecule has 3 aromatic rings. The molecule has 0 bridgehead atoms. The van der Waals surface area contributed by atoms with Crippen LogP contribution in [0.1, 0.15) is 22.6 Å². The number of imidazole rings is 1. The van der Waals surface area contributed by atoms with Gasteiger partial charge in [0.2, 0.25) is 0 Å². The number of hydrogen-bond acceptors (Lipinski definition) is 3. The molecule has 0 aliphatic carbocycles. The number of pyridine rings is 1. The lowest BCUT2D eigenvalue weighted by Crippen LogP contribution is -2.19. The summed E-state index contributed by atoms with van der Waals surface area (Å²) in [7, 11) is 1.81. The lowest BCUT2D eigenvalue weighted by Gasteiger charge is -2.06. The third-order valence-electron chi connectivity index (χ3n) is 4.15. The Morgan fingerprint density at radius 2 is 1.96 bits per heavy atom. The van der Waals surface area contributed by atoms with E-state index in [0.717, 1.165) is 36.4 Å². The van der Waals surface area contributed by atoms with Gasteiger partial charge in [0.25, 0.3) is 0 Å². The summed E-state index contributed by atoms with van der Waals surface area (Å²) in [6.07, 6.45) is -1.67. The van der Waals surface area contributed by atoms with Crippen molar-refractivity contribution < 1.29 is 13.2 Å². The number of hydrogen-bond donors (Lipinski definition) is 1. The van der Waals surface area contributed by atoms with Crippen LogP contribution < -0.4 is 5.32 Å². The highest BCUT2D eigenvalue weighted by Gasteiger charge is 2.30. The van der Waals surface area contributed by atoms with Crippen molar-refractivity contribution in [1.82, 2.24) is 19.9 Å². The summed E-state index contributed by atoms with van der Waals surface area (Å²) in [5, 5.41) is 3.28. The molecular formula is C18H19F3N4. The van der Waals surface area contributed by atoms with E-state index >= 15 is 0 Å². The molecule has 1 N–H and O–H groups in total. The standard InChI is InChI=1S/C18H19F3N4/c1-12-3-4-13(10-23-12)7-8-22-11-17-24-15-9-14(18(19,20)21)5-6-16(15)25(17)2/h3-6,9-10,22H,7-8,11H2,1-2H3. The molecule has 25 heavy (non-hydrogen) atoms. The first kappa shape index (κ1) is 17.4. The highest BCUT2D eigenvalue weighted by molar-refractivity contribution is 5.77. The monoisotopic (exact) mass is 348 g/mol. The van der Waals surface area contributed by atoms with E-state index in [1.165, 1.54) is 6.07 Å². The van der Waals surface area contributed by atoms with Crippen LogP contribution in [-0.4, -0.2) is 21.1 Å². The molecule has 0 atom stereocenters. The molecule has 0 fully saturated rings. The number of halogens is 3. The molecule has 4 nitrogen and oxygen atoms in total. The van der Waals surface area contributed by atoms with Crippen molar-refractivity contribution in [3.05, 3.63) is 59.2 Å². The zero-order chi connectivity index (χ0) is 18.0. The van der Waals surface area contributed by atoms with Crippen LogP contribution in [0.2, 0.25) is 0 Å². The minimum atomic E-state index is -4.35. The lowest BCUT2D eigenvalue weighted by molar-refractivity contribution is -0.137. The molecule has 0 saturated heterocycles. The number of aromatic nitrogens is 3. The number of nitrogens with zero attached hydrogens (tertiary/aromatic N) is 3. The Morgan fingerprint density at radius 1 is 1.16 bits per heavy atom. The van der Waals surface area contributed by atoms with Gasteiger partial charge in [0.05, 0.1) is 23.1 Å². The first-order chi connectivity index (χ1) is 11.8. The number of alkyl halides is 3. The summed E-state index contributed by atoms with van der Waals surface area (Å²) in [5.74, 6) is 0.705. The van der Waals surface area contributed by atoms with E-state index in [0.29, 0.717) is 23.4 Å². The first-order valence-corrected chi connectivity index (χ1v) is 7.99. The second-order valence-electron chi connectivity index (χ2n) is 6.02. The molecule has 1 aromatic carbocycles. The Balaban J connectivity index is 1.65. The number of benzene rings is 1. The van der Waals surface area contributed by atoms with Gasteiger partial charge in [0.15, 0.2) is 0 Å². The number of rotatable bonds is 5. The Bertz CT molecular complexity index is 866. The van der Waals surface area contributed by atoms with E-state index in [1.807, 2.05) is 36.9 Å². The van der Waals surface area contributed by atoms with Crippen molar-refractivity contribution >= 4 is 11.0 Å². The van der Waals surface area contributed by atoms with E-state index in [-0.39, 0.29) is 0 Å². The summed E-state index contributed by atoms with van der Waals surface area (Å²) in [4.78, 5) is 8.58. The molecule has 0 unspecified atom stereocenters. The largest absolute Gasteiger partial charge is 0.416 e. The molecule has 2 heterocycles. The average Bonchev–Trinajstić information content (AvgIpc) is 2.88. The summed E-state index contributed by atoms with van der Waals surface area (Å²) in [6, 6.07) is 7.66. The fraction of sp³-hybridized carbons (Fsp3) is 0.333. The Morgan fingerprint density at radius 3 is 2.64 bits per heavy atom. The van der Waals surface area contributed by atoms with E-state index in [1.54, 1.807) is 0 Å². The Labute approximate surface area is 143 Å². The molecule has 132 valence electrons. The van der Waals surface area contributed by atoms with Gasteiger partial charge in [-0.05, 0) is 49.7 Å². The summed E-state index contributed by atoms with van der Waals surface area (Å²) in [6.45, 7) is 3.17. The second kappa shape index (κ2) is 6.84. The van der Waals surface area contributed by atoms with E-state index < -0.39 is 11.7 Å². The van der Waals surface area contributed by atoms with Crippen LogP contribution in [0.3, 0.4) is 0 Å². The molecule has 0 radical (unpaired) electrons. The van der Waals surface area contributed by atoms with Crippen LogP contribution in [-0.2, 0) is 26.2 Å². The first-order valence-electron chi connectivity index (χ1n) is 7.99. The maximum atomic E-state index is 12.8. The van der Waals surface area contributed by atoms with Gasteiger partial charge in [-0.2, -0.15) is 13.2 Å². The van der Waals surface area contributed by atoms with Crippen molar-refractivity contribution in [2.24, 2.45) is 7.05 Å². The number of aryl methyl sites for hydroxylation is 2. The Hall–Kier alpha value is -2.41. The fourth-order valence-electron chi connectivity index (χ4n) is 2.66.